The van der Waals surface area contributed by atoms with Gasteiger partial charge in [0.1, 0.15) is 12.4 Å². The monoisotopic (exact) mass is 340 g/mol. The molecule has 4 nitrogen and oxygen atoms in total. The maximum atomic E-state index is 12.2. The second-order valence-electron chi connectivity index (χ2n) is 5.06. The van der Waals surface area contributed by atoms with Gasteiger partial charge in [0.15, 0.2) is 0 Å². The Morgan fingerprint density at radius 3 is 2.80 bits per heavy atom. The molecule has 1 aromatic rings. The Morgan fingerprint density at radius 1 is 1.40 bits per heavy atom. The molecule has 0 spiro atoms. The molecule has 20 heavy (non-hydrogen) atoms. The van der Waals surface area contributed by atoms with Gasteiger partial charge in [-0.25, -0.2) is 0 Å². The van der Waals surface area contributed by atoms with Crippen molar-refractivity contribution in [1.82, 2.24) is 10.2 Å². The van der Waals surface area contributed by atoms with Crippen LogP contribution in [0.3, 0.4) is 0 Å². The molecule has 0 radical (unpaired) electrons. The van der Waals surface area contributed by atoms with Crippen LogP contribution in [-0.4, -0.2) is 43.6 Å². The number of halogens is 1. The first-order valence-corrected chi connectivity index (χ1v) is 7.83. The van der Waals surface area contributed by atoms with Crippen LogP contribution in [0.4, 0.5) is 0 Å². The zero-order valence-corrected chi connectivity index (χ0v) is 13.4. The van der Waals surface area contributed by atoms with E-state index in [0.29, 0.717) is 13.2 Å². The minimum Gasteiger partial charge on any atom is -0.492 e. The highest BCUT2D eigenvalue weighted by Crippen LogP contribution is 2.16. The minimum absolute atomic E-state index is 0.0126. The number of ether oxygens (including phenoxy) is 1. The number of nitrogens with one attached hydrogen (secondary N) is 1. The van der Waals surface area contributed by atoms with E-state index in [9.17, 15) is 4.79 Å². The molecule has 0 bridgehead atoms. The van der Waals surface area contributed by atoms with Crippen molar-refractivity contribution >= 4 is 21.8 Å². The van der Waals surface area contributed by atoms with Gasteiger partial charge in [-0.2, -0.15) is 0 Å². The molecule has 5 heteroatoms. The van der Waals surface area contributed by atoms with Gasteiger partial charge in [0.25, 0.3) is 0 Å². The fourth-order valence-electron chi connectivity index (χ4n) is 2.27. The number of hydrogen-bond acceptors (Lipinski definition) is 3. The van der Waals surface area contributed by atoms with E-state index in [-0.39, 0.29) is 11.9 Å². The first-order chi connectivity index (χ1) is 9.66. The molecule has 110 valence electrons. The van der Waals surface area contributed by atoms with Gasteiger partial charge in [-0.15, -0.1) is 0 Å². The van der Waals surface area contributed by atoms with Gasteiger partial charge in [0.05, 0.1) is 12.6 Å². The Bertz CT molecular complexity index is 430. The number of likely N-dealkylation sites (N-methyl/N-ethyl adjacent to an activating group) is 1. The molecule has 1 fully saturated rings. The lowest BCUT2D eigenvalue weighted by Crippen LogP contribution is -2.48. The van der Waals surface area contributed by atoms with Crippen LogP contribution >= 0.6 is 15.9 Å². The number of carbonyl (C=O) groups is 1. The lowest BCUT2D eigenvalue weighted by Gasteiger charge is -2.27. The number of carbonyl (C=O) groups excluding carboxylic acids is 1. The summed E-state index contributed by atoms with van der Waals surface area (Å²) in [4.78, 5) is 13.9. The van der Waals surface area contributed by atoms with Gasteiger partial charge < -0.3 is 15.0 Å². The summed E-state index contributed by atoms with van der Waals surface area (Å²) in [5.74, 6) is 0.994. The largest absolute Gasteiger partial charge is 0.492 e. The van der Waals surface area contributed by atoms with E-state index in [2.05, 4.69) is 21.2 Å². The van der Waals surface area contributed by atoms with E-state index >= 15 is 0 Å². The molecule has 1 atom stereocenters. The molecule has 1 heterocycles. The van der Waals surface area contributed by atoms with Crippen molar-refractivity contribution in [1.29, 1.82) is 0 Å². The quantitative estimate of drug-likeness (QED) is 0.894. The first kappa shape index (κ1) is 15.3. The van der Waals surface area contributed by atoms with Crippen molar-refractivity contribution in [2.24, 2.45) is 0 Å². The molecule has 1 unspecified atom stereocenters. The SMILES string of the molecule is CN(CCOc1ccc(Br)cc1)C(=O)C1CCCCN1. The Morgan fingerprint density at radius 2 is 2.15 bits per heavy atom. The van der Waals surface area contributed by atoms with Gasteiger partial charge in [-0.1, -0.05) is 22.4 Å². The summed E-state index contributed by atoms with van der Waals surface area (Å²) < 4.78 is 6.66. The van der Waals surface area contributed by atoms with Crippen LogP contribution in [0.15, 0.2) is 28.7 Å². The Kier molecular flexibility index (Phi) is 5.86. The zero-order valence-electron chi connectivity index (χ0n) is 11.8. The van der Waals surface area contributed by atoms with Gasteiger partial charge in [0.2, 0.25) is 5.91 Å². The van der Waals surface area contributed by atoms with E-state index < -0.39 is 0 Å². The Labute approximate surface area is 128 Å². The summed E-state index contributed by atoms with van der Waals surface area (Å²) in [6.45, 7) is 2.06. The number of rotatable bonds is 5. The predicted molar refractivity (Wildman–Crippen MR) is 82.9 cm³/mol. The van der Waals surface area contributed by atoms with Crippen LogP contribution in [0.2, 0.25) is 0 Å². The molecule has 1 aliphatic rings. The van der Waals surface area contributed by atoms with Crippen molar-refractivity contribution in [3.05, 3.63) is 28.7 Å². The summed E-state index contributed by atoms with van der Waals surface area (Å²) in [6.07, 6.45) is 3.24. The molecule has 1 aliphatic heterocycles. The Balaban J connectivity index is 1.72. The van der Waals surface area contributed by atoms with Crippen molar-refractivity contribution in [3.63, 3.8) is 0 Å². The summed E-state index contributed by atoms with van der Waals surface area (Å²) in [5.41, 5.74) is 0. The van der Waals surface area contributed by atoms with Crippen molar-refractivity contribution in [3.8, 4) is 5.75 Å². The predicted octanol–water partition coefficient (Wildman–Crippen LogP) is 2.43. The third kappa shape index (κ3) is 4.49. The molecular formula is C15H21BrN2O2. The van der Waals surface area contributed by atoms with Crippen LogP contribution in [0.5, 0.6) is 5.75 Å². The second kappa shape index (κ2) is 7.64. The van der Waals surface area contributed by atoms with Crippen LogP contribution in [-0.2, 0) is 4.79 Å². The molecular weight excluding hydrogens is 320 g/mol. The summed E-state index contributed by atoms with van der Waals surface area (Å²) in [5, 5.41) is 3.28. The van der Waals surface area contributed by atoms with Crippen LogP contribution in [0, 0.1) is 0 Å². The lowest BCUT2D eigenvalue weighted by atomic mass is 10.0. The highest BCUT2D eigenvalue weighted by molar-refractivity contribution is 9.10. The topological polar surface area (TPSA) is 41.6 Å². The van der Waals surface area contributed by atoms with Crippen molar-refractivity contribution < 1.29 is 9.53 Å². The molecule has 1 N–H and O–H groups in total. The van der Waals surface area contributed by atoms with E-state index in [1.54, 1.807) is 4.90 Å². The number of amides is 1. The van der Waals surface area contributed by atoms with E-state index in [1.807, 2.05) is 31.3 Å². The molecule has 1 aromatic carbocycles. The van der Waals surface area contributed by atoms with E-state index in [1.165, 1.54) is 6.42 Å². The number of nitrogens with zero attached hydrogens (tertiary/aromatic N) is 1. The molecule has 0 aromatic heterocycles. The zero-order chi connectivity index (χ0) is 14.4. The van der Waals surface area contributed by atoms with Gasteiger partial charge in [-0.3, -0.25) is 4.79 Å². The molecule has 1 saturated heterocycles. The number of benzene rings is 1. The molecule has 1 amide bonds. The standard InChI is InChI=1S/C15H21BrN2O2/c1-18(15(19)14-4-2-3-9-17-14)10-11-20-13-7-5-12(16)6-8-13/h5-8,14,17H,2-4,9-11H2,1H3. The fourth-order valence-corrected chi connectivity index (χ4v) is 2.53. The average molecular weight is 341 g/mol. The average Bonchev–Trinajstić information content (AvgIpc) is 2.49. The molecule has 0 aliphatic carbocycles. The van der Waals surface area contributed by atoms with Crippen LogP contribution < -0.4 is 10.1 Å². The van der Waals surface area contributed by atoms with Crippen LogP contribution in [0.25, 0.3) is 0 Å². The minimum atomic E-state index is -0.0126. The third-order valence-electron chi connectivity index (χ3n) is 3.49. The smallest absolute Gasteiger partial charge is 0.239 e. The van der Waals surface area contributed by atoms with Gasteiger partial charge in [-0.05, 0) is 43.7 Å². The van der Waals surface area contributed by atoms with Gasteiger partial charge in [0, 0.05) is 11.5 Å². The van der Waals surface area contributed by atoms with Crippen LogP contribution in [0.1, 0.15) is 19.3 Å². The third-order valence-corrected chi connectivity index (χ3v) is 4.02. The lowest BCUT2D eigenvalue weighted by molar-refractivity contribution is -0.133. The normalized spacial score (nSPS) is 18.6. The van der Waals surface area contributed by atoms with Crippen molar-refractivity contribution in [2.75, 3.05) is 26.7 Å². The van der Waals surface area contributed by atoms with Gasteiger partial charge >= 0.3 is 0 Å². The fraction of sp³-hybridized carbons (Fsp3) is 0.533. The molecule has 2 rings (SSSR count). The van der Waals surface area contributed by atoms with E-state index in [0.717, 1.165) is 29.6 Å². The summed E-state index contributed by atoms with van der Waals surface area (Å²) >= 11 is 3.38. The maximum absolute atomic E-state index is 12.2. The Hall–Kier alpha value is -1.07. The number of piperidine rings is 1. The van der Waals surface area contributed by atoms with Crippen molar-refractivity contribution in [2.45, 2.75) is 25.3 Å². The molecule has 0 saturated carbocycles. The number of hydrogen-bond donors (Lipinski definition) is 1. The summed E-state index contributed by atoms with van der Waals surface area (Å²) in [6, 6.07) is 7.69. The second-order valence-corrected chi connectivity index (χ2v) is 5.98. The van der Waals surface area contributed by atoms with E-state index in [4.69, 9.17) is 4.74 Å². The maximum Gasteiger partial charge on any atom is 0.239 e. The highest BCUT2D eigenvalue weighted by atomic mass is 79.9. The highest BCUT2D eigenvalue weighted by Gasteiger charge is 2.23. The first-order valence-electron chi connectivity index (χ1n) is 7.03. The summed E-state index contributed by atoms with van der Waals surface area (Å²) in [7, 11) is 1.84.